The molecule has 3 rings (SSSR count). The van der Waals surface area contributed by atoms with Crippen molar-refractivity contribution in [3.8, 4) is 0 Å². The van der Waals surface area contributed by atoms with Crippen LogP contribution in [0.4, 0.5) is 10.1 Å². The Kier molecular flexibility index (Phi) is 5.19. The summed E-state index contributed by atoms with van der Waals surface area (Å²) in [6.45, 7) is 0.872. The maximum atomic E-state index is 13.6. The van der Waals surface area contributed by atoms with Crippen LogP contribution < -0.4 is 15.8 Å². The van der Waals surface area contributed by atoms with E-state index in [-0.39, 0.29) is 23.0 Å². The molecule has 2 N–H and O–H groups in total. The van der Waals surface area contributed by atoms with E-state index in [0.29, 0.717) is 0 Å². The van der Waals surface area contributed by atoms with Crippen LogP contribution in [-0.4, -0.2) is 24.9 Å². The number of nitrogens with zero attached hydrogens (tertiary/aromatic N) is 1. The number of hydrazine groups is 1. The van der Waals surface area contributed by atoms with Gasteiger partial charge in [0.25, 0.3) is 11.8 Å². The molecule has 0 atom stereocenters. The number of rotatable bonds is 3. The first-order valence-corrected chi connectivity index (χ1v) is 8.29. The second kappa shape index (κ2) is 7.53. The lowest BCUT2D eigenvalue weighted by atomic mass is 10.0. The van der Waals surface area contributed by atoms with Crippen LogP contribution in [0.5, 0.6) is 0 Å². The normalized spacial score (nSPS) is 13.1. The Bertz CT molecular complexity index is 813. The average Bonchev–Trinajstić information content (AvgIpc) is 2.62. The van der Waals surface area contributed by atoms with Crippen LogP contribution in [0, 0.1) is 5.82 Å². The fourth-order valence-electron chi connectivity index (χ4n) is 2.85. The number of carbonyl (C=O) groups is 2. The number of halogens is 2. The summed E-state index contributed by atoms with van der Waals surface area (Å²) in [5.74, 6) is -1.85. The Morgan fingerprint density at radius 2 is 1.96 bits per heavy atom. The van der Waals surface area contributed by atoms with E-state index < -0.39 is 11.7 Å². The van der Waals surface area contributed by atoms with E-state index >= 15 is 0 Å². The van der Waals surface area contributed by atoms with Crippen LogP contribution in [0.25, 0.3) is 0 Å². The van der Waals surface area contributed by atoms with Crippen LogP contribution in [0.15, 0.2) is 42.5 Å². The van der Waals surface area contributed by atoms with Gasteiger partial charge in [0, 0.05) is 17.3 Å². The molecule has 0 bridgehead atoms. The van der Waals surface area contributed by atoms with Gasteiger partial charge in [-0.1, -0.05) is 29.8 Å². The highest BCUT2D eigenvalue weighted by molar-refractivity contribution is 6.31. The van der Waals surface area contributed by atoms with Gasteiger partial charge in [-0.15, -0.1) is 0 Å². The molecule has 2 aromatic rings. The maximum Gasteiger partial charge on any atom is 0.272 e. The van der Waals surface area contributed by atoms with Crippen LogP contribution >= 0.6 is 11.6 Å². The van der Waals surface area contributed by atoms with E-state index in [1.165, 1.54) is 17.7 Å². The molecule has 1 aliphatic heterocycles. The molecule has 0 aromatic heterocycles. The van der Waals surface area contributed by atoms with Gasteiger partial charge < -0.3 is 4.90 Å². The van der Waals surface area contributed by atoms with Crippen molar-refractivity contribution in [2.75, 3.05) is 18.0 Å². The second-order valence-electron chi connectivity index (χ2n) is 5.78. The van der Waals surface area contributed by atoms with Gasteiger partial charge in [0.1, 0.15) is 5.82 Å². The summed E-state index contributed by atoms with van der Waals surface area (Å²) in [7, 11) is 0. The molecule has 2 aromatic carbocycles. The zero-order valence-electron chi connectivity index (χ0n) is 13.4. The number of para-hydroxylation sites is 1. The van der Waals surface area contributed by atoms with Crippen LogP contribution in [0.1, 0.15) is 22.3 Å². The van der Waals surface area contributed by atoms with E-state index in [4.69, 9.17) is 11.6 Å². The van der Waals surface area contributed by atoms with Crippen LogP contribution in [0.3, 0.4) is 0 Å². The van der Waals surface area contributed by atoms with Gasteiger partial charge in [0.2, 0.25) is 0 Å². The Balaban J connectivity index is 1.59. The van der Waals surface area contributed by atoms with Crippen molar-refractivity contribution in [1.29, 1.82) is 0 Å². The molecule has 7 heteroatoms. The molecular formula is C18H17ClFN3O2. The number of carbonyl (C=O) groups excluding carboxylic acids is 2. The topological polar surface area (TPSA) is 61.4 Å². The smallest absolute Gasteiger partial charge is 0.272 e. The van der Waals surface area contributed by atoms with Crippen molar-refractivity contribution in [2.24, 2.45) is 0 Å². The molecule has 2 amide bonds. The van der Waals surface area contributed by atoms with Crippen molar-refractivity contribution in [2.45, 2.75) is 12.8 Å². The molecular weight excluding hydrogens is 345 g/mol. The van der Waals surface area contributed by atoms with Gasteiger partial charge in [-0.25, -0.2) is 4.39 Å². The Hall–Kier alpha value is -2.60. The van der Waals surface area contributed by atoms with Crippen LogP contribution in [0.2, 0.25) is 5.02 Å². The number of anilines is 1. The summed E-state index contributed by atoms with van der Waals surface area (Å²) < 4.78 is 13.6. The Morgan fingerprint density at radius 3 is 2.80 bits per heavy atom. The highest BCUT2D eigenvalue weighted by atomic mass is 35.5. The fraction of sp³-hybridized carbons (Fsp3) is 0.222. The minimum absolute atomic E-state index is 0.106. The molecule has 0 saturated heterocycles. The quantitative estimate of drug-likeness (QED) is 0.826. The number of hydrogen-bond acceptors (Lipinski definition) is 3. The first-order valence-electron chi connectivity index (χ1n) is 7.91. The summed E-state index contributed by atoms with van der Waals surface area (Å²) in [5.41, 5.74) is 6.53. The van der Waals surface area contributed by atoms with E-state index in [0.717, 1.165) is 31.1 Å². The van der Waals surface area contributed by atoms with Crippen LogP contribution in [-0.2, 0) is 11.2 Å². The van der Waals surface area contributed by atoms with E-state index in [1.807, 2.05) is 29.2 Å². The number of fused-ring (bicyclic) bond motifs is 1. The average molecular weight is 362 g/mol. The molecule has 5 nitrogen and oxygen atoms in total. The number of aryl methyl sites for hydroxylation is 1. The number of amides is 2. The monoisotopic (exact) mass is 361 g/mol. The zero-order valence-corrected chi connectivity index (χ0v) is 14.1. The highest BCUT2D eigenvalue weighted by Gasteiger charge is 2.19. The van der Waals surface area contributed by atoms with Crippen molar-refractivity contribution in [3.05, 3.63) is 64.4 Å². The van der Waals surface area contributed by atoms with Gasteiger partial charge >= 0.3 is 0 Å². The minimum atomic E-state index is -0.757. The number of nitrogens with one attached hydrogen (secondary N) is 2. The zero-order chi connectivity index (χ0) is 17.8. The standard InChI is InChI=1S/C18H17ClFN3O2/c19-13-7-8-15(20)14(10-13)18(25)22-21-17(24)11-23-9-3-5-12-4-1-2-6-16(12)23/h1-2,4,6-8,10H,3,5,9,11H2,(H,21,24)(H,22,25). The molecule has 0 spiro atoms. The number of hydrogen-bond donors (Lipinski definition) is 2. The van der Waals surface area contributed by atoms with E-state index in [2.05, 4.69) is 10.9 Å². The Labute approximate surface area is 149 Å². The fourth-order valence-corrected chi connectivity index (χ4v) is 3.03. The third-order valence-electron chi connectivity index (χ3n) is 4.03. The molecule has 0 radical (unpaired) electrons. The molecule has 130 valence electrons. The predicted octanol–water partition coefficient (Wildman–Crippen LogP) is 2.69. The van der Waals surface area contributed by atoms with Crippen molar-refractivity contribution < 1.29 is 14.0 Å². The van der Waals surface area contributed by atoms with Gasteiger partial charge in [0.05, 0.1) is 12.1 Å². The lowest BCUT2D eigenvalue weighted by Gasteiger charge is -2.30. The highest BCUT2D eigenvalue weighted by Crippen LogP contribution is 2.26. The lowest BCUT2D eigenvalue weighted by molar-refractivity contribution is -0.120. The van der Waals surface area contributed by atoms with Crippen molar-refractivity contribution in [3.63, 3.8) is 0 Å². The molecule has 0 aliphatic carbocycles. The largest absolute Gasteiger partial charge is 0.362 e. The van der Waals surface area contributed by atoms with Gasteiger partial charge in [-0.05, 0) is 42.7 Å². The summed E-state index contributed by atoms with van der Waals surface area (Å²) in [5, 5.41) is 0.239. The van der Waals surface area contributed by atoms with Gasteiger partial charge in [-0.3, -0.25) is 20.4 Å². The third-order valence-corrected chi connectivity index (χ3v) is 4.26. The SMILES string of the molecule is O=C(CN1CCCc2ccccc21)NNC(=O)c1cc(Cl)ccc1F. The lowest BCUT2D eigenvalue weighted by Crippen LogP contribution is -2.47. The third kappa shape index (κ3) is 4.09. The van der Waals surface area contributed by atoms with E-state index in [1.54, 1.807) is 0 Å². The van der Waals surface area contributed by atoms with Gasteiger partial charge in [-0.2, -0.15) is 0 Å². The molecule has 0 fully saturated rings. The summed E-state index contributed by atoms with van der Waals surface area (Å²) >= 11 is 5.76. The van der Waals surface area contributed by atoms with E-state index in [9.17, 15) is 14.0 Å². The molecule has 1 aliphatic rings. The predicted molar refractivity (Wildman–Crippen MR) is 94.0 cm³/mol. The first kappa shape index (κ1) is 17.2. The summed E-state index contributed by atoms with van der Waals surface area (Å²) in [4.78, 5) is 26.1. The number of benzene rings is 2. The minimum Gasteiger partial charge on any atom is -0.362 e. The summed E-state index contributed by atoms with van der Waals surface area (Å²) in [6, 6.07) is 11.6. The second-order valence-corrected chi connectivity index (χ2v) is 6.22. The Morgan fingerprint density at radius 1 is 1.16 bits per heavy atom. The van der Waals surface area contributed by atoms with Gasteiger partial charge in [0.15, 0.2) is 0 Å². The van der Waals surface area contributed by atoms with Crippen molar-refractivity contribution in [1.82, 2.24) is 10.9 Å². The first-order chi connectivity index (χ1) is 12.0. The van der Waals surface area contributed by atoms with Crippen molar-refractivity contribution >= 4 is 29.1 Å². The molecule has 25 heavy (non-hydrogen) atoms. The summed E-state index contributed by atoms with van der Waals surface area (Å²) in [6.07, 6.45) is 1.95. The molecule has 0 unspecified atom stereocenters. The maximum absolute atomic E-state index is 13.6. The molecule has 1 heterocycles. The molecule has 0 saturated carbocycles.